The minimum absolute atomic E-state index is 0.517. The summed E-state index contributed by atoms with van der Waals surface area (Å²) in [7, 11) is 0. The minimum atomic E-state index is 0.517. The fourth-order valence-electron chi connectivity index (χ4n) is 3.24. The van der Waals surface area contributed by atoms with Crippen molar-refractivity contribution in [3.8, 4) is 0 Å². The maximum Gasteiger partial charge on any atom is 0.191 e. The lowest BCUT2D eigenvalue weighted by atomic mass is 10.0. The molecule has 0 atom stereocenters. The minimum Gasteiger partial charge on any atom is -0.382 e. The summed E-state index contributed by atoms with van der Waals surface area (Å²) in [6.07, 6.45) is 4.49. The van der Waals surface area contributed by atoms with Gasteiger partial charge in [-0.2, -0.15) is 0 Å². The Hall–Kier alpha value is -1.59. The molecule has 5 heteroatoms. The van der Waals surface area contributed by atoms with Gasteiger partial charge in [-0.25, -0.2) is 0 Å². The quantitative estimate of drug-likeness (QED) is 0.383. The molecule has 0 unspecified atom stereocenters. The topological polar surface area (TPSA) is 48.9 Å². The smallest absolute Gasteiger partial charge is 0.191 e. The first-order chi connectivity index (χ1) is 12.8. The summed E-state index contributed by atoms with van der Waals surface area (Å²) in [4.78, 5) is 7.26. The van der Waals surface area contributed by atoms with Crippen molar-refractivity contribution in [2.24, 2.45) is 4.99 Å². The van der Waals surface area contributed by atoms with Crippen molar-refractivity contribution in [3.63, 3.8) is 0 Å². The standard InChI is InChI=1S/C21H36N4O/c1-3-22-21(23-14-8-9-17-26-4-2)24-20-12-15-25(16-13-20)18-19-10-6-5-7-11-19/h5-7,10-11,20H,3-4,8-9,12-18H2,1-2H3,(H2,22,23,24). The number of likely N-dealkylation sites (tertiary alicyclic amines) is 1. The second kappa shape index (κ2) is 12.7. The SMILES string of the molecule is CCNC(=NCCCCOCC)NC1CCN(Cc2ccccc2)CC1. The highest BCUT2D eigenvalue weighted by Crippen LogP contribution is 2.13. The van der Waals surface area contributed by atoms with E-state index in [-0.39, 0.29) is 0 Å². The van der Waals surface area contributed by atoms with Gasteiger partial charge in [0, 0.05) is 52.0 Å². The number of unbranched alkanes of at least 4 members (excludes halogenated alkanes) is 1. The zero-order valence-corrected chi connectivity index (χ0v) is 16.5. The second-order valence-corrected chi connectivity index (χ2v) is 6.85. The summed E-state index contributed by atoms with van der Waals surface area (Å²) in [5.41, 5.74) is 1.40. The third-order valence-corrected chi connectivity index (χ3v) is 4.69. The third-order valence-electron chi connectivity index (χ3n) is 4.69. The van der Waals surface area contributed by atoms with Crippen LogP contribution >= 0.6 is 0 Å². The van der Waals surface area contributed by atoms with Crippen LogP contribution < -0.4 is 10.6 Å². The number of ether oxygens (including phenoxy) is 1. The van der Waals surface area contributed by atoms with E-state index in [0.29, 0.717) is 6.04 Å². The zero-order valence-electron chi connectivity index (χ0n) is 16.5. The molecule has 1 fully saturated rings. The monoisotopic (exact) mass is 360 g/mol. The molecular weight excluding hydrogens is 324 g/mol. The van der Waals surface area contributed by atoms with Gasteiger partial charge in [-0.3, -0.25) is 9.89 Å². The Morgan fingerprint density at radius 1 is 1.15 bits per heavy atom. The molecule has 0 radical (unpaired) electrons. The third kappa shape index (κ3) is 8.19. The van der Waals surface area contributed by atoms with Crippen LogP contribution in [0.3, 0.4) is 0 Å². The van der Waals surface area contributed by atoms with E-state index in [2.05, 4.69) is 52.8 Å². The molecule has 0 aliphatic carbocycles. The van der Waals surface area contributed by atoms with Gasteiger partial charge in [0.15, 0.2) is 5.96 Å². The Morgan fingerprint density at radius 2 is 1.92 bits per heavy atom. The molecule has 5 nitrogen and oxygen atoms in total. The number of rotatable bonds is 10. The predicted octanol–water partition coefficient (Wildman–Crippen LogP) is 3.02. The molecule has 1 saturated heterocycles. The van der Waals surface area contributed by atoms with Gasteiger partial charge < -0.3 is 15.4 Å². The van der Waals surface area contributed by atoms with Crippen LogP contribution in [-0.2, 0) is 11.3 Å². The van der Waals surface area contributed by atoms with Crippen molar-refractivity contribution >= 4 is 5.96 Å². The molecule has 1 heterocycles. The molecular formula is C21H36N4O. The predicted molar refractivity (Wildman–Crippen MR) is 110 cm³/mol. The summed E-state index contributed by atoms with van der Waals surface area (Å²) in [5.74, 6) is 0.963. The molecule has 1 aliphatic heterocycles. The van der Waals surface area contributed by atoms with Gasteiger partial charge in [0.2, 0.25) is 0 Å². The second-order valence-electron chi connectivity index (χ2n) is 6.85. The van der Waals surface area contributed by atoms with Crippen molar-refractivity contribution in [3.05, 3.63) is 35.9 Å². The number of nitrogens with zero attached hydrogens (tertiary/aromatic N) is 2. The van der Waals surface area contributed by atoms with Crippen LogP contribution in [0.1, 0.15) is 45.1 Å². The van der Waals surface area contributed by atoms with E-state index in [1.807, 2.05) is 6.92 Å². The molecule has 1 aromatic carbocycles. The van der Waals surface area contributed by atoms with Gasteiger partial charge >= 0.3 is 0 Å². The van der Waals surface area contributed by atoms with Crippen LogP contribution in [0.15, 0.2) is 35.3 Å². The molecule has 0 bridgehead atoms. The molecule has 26 heavy (non-hydrogen) atoms. The molecule has 0 saturated carbocycles. The maximum atomic E-state index is 5.38. The molecule has 0 spiro atoms. The van der Waals surface area contributed by atoms with Crippen LogP contribution in [0.2, 0.25) is 0 Å². The van der Waals surface area contributed by atoms with Gasteiger partial charge in [-0.05, 0) is 45.1 Å². The number of nitrogens with one attached hydrogen (secondary N) is 2. The fourth-order valence-corrected chi connectivity index (χ4v) is 3.24. The number of piperidine rings is 1. The Balaban J connectivity index is 1.69. The van der Waals surface area contributed by atoms with E-state index in [0.717, 1.165) is 64.7 Å². The molecule has 0 amide bonds. The number of benzene rings is 1. The largest absolute Gasteiger partial charge is 0.382 e. The average molecular weight is 361 g/mol. The van der Waals surface area contributed by atoms with Crippen LogP contribution in [0.4, 0.5) is 0 Å². The lowest BCUT2D eigenvalue weighted by molar-refractivity contribution is 0.144. The molecule has 0 aromatic heterocycles. The summed E-state index contributed by atoms with van der Waals surface area (Å²) in [6, 6.07) is 11.3. The molecule has 1 aliphatic rings. The summed E-state index contributed by atoms with van der Waals surface area (Å²) < 4.78 is 5.38. The normalized spacial score (nSPS) is 16.6. The van der Waals surface area contributed by atoms with Crippen molar-refractivity contribution in [2.45, 2.75) is 52.1 Å². The van der Waals surface area contributed by atoms with Crippen LogP contribution in [0, 0.1) is 0 Å². The van der Waals surface area contributed by atoms with Crippen molar-refractivity contribution in [1.82, 2.24) is 15.5 Å². The number of aliphatic imine (C=N–C) groups is 1. The molecule has 2 N–H and O–H groups in total. The van der Waals surface area contributed by atoms with Gasteiger partial charge in [0.1, 0.15) is 0 Å². The van der Waals surface area contributed by atoms with E-state index in [9.17, 15) is 0 Å². The van der Waals surface area contributed by atoms with E-state index < -0.39 is 0 Å². The highest BCUT2D eigenvalue weighted by molar-refractivity contribution is 5.80. The van der Waals surface area contributed by atoms with Gasteiger partial charge in [0.05, 0.1) is 0 Å². The molecule has 146 valence electrons. The Labute approximate surface area is 159 Å². The lowest BCUT2D eigenvalue weighted by Crippen LogP contribution is -2.48. The first-order valence-electron chi connectivity index (χ1n) is 10.2. The molecule has 2 rings (SSSR count). The van der Waals surface area contributed by atoms with Crippen molar-refractivity contribution in [1.29, 1.82) is 0 Å². The summed E-state index contributed by atoms with van der Waals surface area (Å²) in [6.45, 7) is 10.9. The zero-order chi connectivity index (χ0) is 18.5. The van der Waals surface area contributed by atoms with Crippen LogP contribution in [0.25, 0.3) is 0 Å². The van der Waals surface area contributed by atoms with E-state index in [1.54, 1.807) is 0 Å². The summed E-state index contributed by atoms with van der Waals surface area (Å²) in [5, 5.41) is 7.00. The van der Waals surface area contributed by atoms with Gasteiger partial charge in [0.25, 0.3) is 0 Å². The van der Waals surface area contributed by atoms with Crippen LogP contribution in [-0.4, -0.2) is 56.3 Å². The van der Waals surface area contributed by atoms with Gasteiger partial charge in [-0.1, -0.05) is 30.3 Å². The van der Waals surface area contributed by atoms with E-state index in [1.165, 1.54) is 18.4 Å². The maximum absolute atomic E-state index is 5.38. The summed E-state index contributed by atoms with van der Waals surface area (Å²) >= 11 is 0. The number of guanidine groups is 1. The van der Waals surface area contributed by atoms with Crippen molar-refractivity contribution in [2.75, 3.05) is 39.4 Å². The van der Waals surface area contributed by atoms with Crippen LogP contribution in [0.5, 0.6) is 0 Å². The van der Waals surface area contributed by atoms with E-state index in [4.69, 9.17) is 9.73 Å². The van der Waals surface area contributed by atoms with Gasteiger partial charge in [-0.15, -0.1) is 0 Å². The Kier molecular flexibility index (Phi) is 10.1. The number of hydrogen-bond donors (Lipinski definition) is 2. The fraction of sp³-hybridized carbons (Fsp3) is 0.667. The van der Waals surface area contributed by atoms with Crippen molar-refractivity contribution < 1.29 is 4.74 Å². The first kappa shape index (κ1) is 20.7. The average Bonchev–Trinajstić information content (AvgIpc) is 2.67. The number of hydrogen-bond acceptors (Lipinski definition) is 3. The Bertz CT molecular complexity index is 498. The lowest BCUT2D eigenvalue weighted by Gasteiger charge is -2.33. The Morgan fingerprint density at radius 3 is 2.62 bits per heavy atom. The highest BCUT2D eigenvalue weighted by Gasteiger charge is 2.19. The van der Waals surface area contributed by atoms with E-state index >= 15 is 0 Å². The molecule has 1 aromatic rings. The first-order valence-corrected chi connectivity index (χ1v) is 10.2. The highest BCUT2D eigenvalue weighted by atomic mass is 16.5.